The molecule has 3 heterocycles. The fourth-order valence-electron chi connectivity index (χ4n) is 3.10. The van der Waals surface area contributed by atoms with Gasteiger partial charge in [-0.25, -0.2) is 4.98 Å². The molecule has 2 aliphatic heterocycles. The molecule has 8 heteroatoms. The monoisotopic (exact) mass is 333 g/mol. The number of halogens is 3. The summed E-state index contributed by atoms with van der Waals surface area (Å²) < 4.78 is 37.9. The molecular weight excluding hydrogens is 315 g/mol. The molecule has 0 aromatic carbocycles. The Morgan fingerprint density at radius 2 is 2.18 bits per heavy atom. The number of alkyl halides is 3. The number of likely N-dealkylation sites (tertiary alicyclic amines) is 1. The molecule has 2 saturated heterocycles. The highest BCUT2D eigenvalue weighted by Gasteiger charge is 2.36. The van der Waals surface area contributed by atoms with Crippen molar-refractivity contribution < 1.29 is 18.0 Å². The predicted octanol–water partition coefficient (Wildman–Crippen LogP) is 2.62. The zero-order valence-corrected chi connectivity index (χ0v) is 12.8. The van der Waals surface area contributed by atoms with Crippen molar-refractivity contribution in [2.24, 2.45) is 0 Å². The summed E-state index contributed by atoms with van der Waals surface area (Å²) in [5.74, 6) is -0.00463. The number of carbonyl (C=O) groups is 1. The summed E-state index contributed by atoms with van der Waals surface area (Å²) in [5, 5.41) is 4.73. The minimum Gasteiger partial charge on any atom is -0.341 e. The predicted molar refractivity (Wildman–Crippen MR) is 76.7 cm³/mol. The first-order valence-corrected chi connectivity index (χ1v) is 8.38. The second-order valence-electron chi connectivity index (χ2n) is 5.84. The molecule has 0 bridgehead atoms. The van der Waals surface area contributed by atoms with Crippen molar-refractivity contribution in [1.82, 2.24) is 15.2 Å². The number of thiazole rings is 1. The number of nitrogens with one attached hydrogen (secondary N) is 1. The molecule has 3 rings (SSSR count). The van der Waals surface area contributed by atoms with Gasteiger partial charge in [-0.05, 0) is 32.2 Å². The van der Waals surface area contributed by atoms with Crippen molar-refractivity contribution in [3.8, 4) is 0 Å². The Labute approximate surface area is 130 Å². The van der Waals surface area contributed by atoms with Crippen LogP contribution in [0, 0.1) is 0 Å². The van der Waals surface area contributed by atoms with Crippen LogP contribution in [-0.2, 0) is 11.0 Å². The second kappa shape index (κ2) is 6.16. The fourth-order valence-corrected chi connectivity index (χ4v) is 4.05. The molecule has 1 amide bonds. The number of hydrogen-bond acceptors (Lipinski definition) is 4. The third-order valence-corrected chi connectivity index (χ3v) is 5.26. The highest BCUT2D eigenvalue weighted by Crippen LogP contribution is 2.35. The van der Waals surface area contributed by atoms with Gasteiger partial charge in [0.1, 0.15) is 0 Å². The van der Waals surface area contributed by atoms with Crippen LogP contribution < -0.4 is 5.32 Å². The fraction of sp³-hybridized carbons (Fsp3) is 0.714. The first-order valence-electron chi connectivity index (χ1n) is 7.50. The molecule has 1 N–H and O–H groups in total. The van der Waals surface area contributed by atoms with Crippen molar-refractivity contribution in [2.45, 2.75) is 43.8 Å². The van der Waals surface area contributed by atoms with Gasteiger partial charge in [0.15, 0.2) is 5.69 Å². The van der Waals surface area contributed by atoms with Crippen molar-refractivity contribution >= 4 is 17.2 Å². The molecule has 2 aliphatic rings. The normalized spacial score (nSPS) is 26.4. The number of nitrogens with zero attached hydrogens (tertiary/aromatic N) is 2. The van der Waals surface area contributed by atoms with E-state index in [1.807, 2.05) is 0 Å². The molecule has 1 aromatic heterocycles. The first-order chi connectivity index (χ1) is 10.4. The topological polar surface area (TPSA) is 45.2 Å². The molecule has 22 heavy (non-hydrogen) atoms. The number of hydrogen-bond donors (Lipinski definition) is 1. The maximum atomic E-state index is 12.6. The molecule has 0 saturated carbocycles. The summed E-state index contributed by atoms with van der Waals surface area (Å²) in [5.41, 5.74) is -0.826. The van der Waals surface area contributed by atoms with Crippen LogP contribution in [0.25, 0.3) is 0 Å². The van der Waals surface area contributed by atoms with E-state index in [4.69, 9.17) is 0 Å². The summed E-state index contributed by atoms with van der Waals surface area (Å²) in [7, 11) is 0. The van der Waals surface area contributed by atoms with Crippen LogP contribution in [-0.4, -0.2) is 41.5 Å². The van der Waals surface area contributed by atoms with Gasteiger partial charge in [0.25, 0.3) is 0 Å². The zero-order chi connectivity index (χ0) is 15.7. The molecule has 0 aliphatic carbocycles. The molecular formula is C14H18F3N3OS. The van der Waals surface area contributed by atoms with Crippen molar-refractivity contribution in [3.63, 3.8) is 0 Å². The maximum Gasteiger partial charge on any atom is 0.434 e. The van der Waals surface area contributed by atoms with E-state index in [0.29, 0.717) is 18.1 Å². The molecule has 2 unspecified atom stereocenters. The van der Waals surface area contributed by atoms with Crippen LogP contribution >= 0.6 is 11.3 Å². The lowest BCUT2D eigenvalue weighted by Crippen LogP contribution is -2.47. The van der Waals surface area contributed by atoms with Crippen LogP contribution in [0.5, 0.6) is 0 Å². The van der Waals surface area contributed by atoms with E-state index in [9.17, 15) is 18.0 Å². The van der Waals surface area contributed by atoms with Gasteiger partial charge >= 0.3 is 6.18 Å². The minimum absolute atomic E-state index is 0.0785. The molecule has 0 radical (unpaired) electrons. The number of carbonyl (C=O) groups excluding carboxylic acids is 1. The van der Waals surface area contributed by atoms with E-state index < -0.39 is 11.9 Å². The van der Waals surface area contributed by atoms with Crippen molar-refractivity contribution in [2.75, 3.05) is 19.6 Å². The van der Waals surface area contributed by atoms with Gasteiger partial charge in [0.2, 0.25) is 5.91 Å². The smallest absolute Gasteiger partial charge is 0.341 e. The third kappa shape index (κ3) is 3.27. The standard InChI is InChI=1S/C14H18F3N3OS/c15-14(16,17)11-8-22-12(19-11)9-3-2-6-20(7-9)13(21)10-4-1-5-18-10/h8-10,18H,1-7H2. The Balaban J connectivity index is 1.67. The van der Waals surface area contributed by atoms with E-state index in [1.54, 1.807) is 4.90 Å². The average molecular weight is 333 g/mol. The summed E-state index contributed by atoms with van der Waals surface area (Å²) >= 11 is 1.04. The van der Waals surface area contributed by atoms with Crippen molar-refractivity contribution in [3.05, 3.63) is 16.1 Å². The van der Waals surface area contributed by atoms with Gasteiger partial charge in [-0.3, -0.25) is 4.79 Å². The number of amides is 1. The van der Waals surface area contributed by atoms with Crippen LogP contribution in [0.15, 0.2) is 5.38 Å². The Morgan fingerprint density at radius 3 is 2.82 bits per heavy atom. The molecule has 0 spiro atoms. The van der Waals surface area contributed by atoms with Crippen LogP contribution in [0.4, 0.5) is 13.2 Å². The Morgan fingerprint density at radius 1 is 1.36 bits per heavy atom. The lowest BCUT2D eigenvalue weighted by Gasteiger charge is -2.33. The molecule has 1 aromatic rings. The first kappa shape index (κ1) is 15.7. The third-order valence-electron chi connectivity index (χ3n) is 4.25. The van der Waals surface area contributed by atoms with E-state index >= 15 is 0 Å². The van der Waals surface area contributed by atoms with Gasteiger partial charge < -0.3 is 10.2 Å². The highest BCUT2D eigenvalue weighted by atomic mass is 32.1. The van der Waals surface area contributed by atoms with Gasteiger partial charge in [-0.15, -0.1) is 11.3 Å². The number of aromatic nitrogens is 1. The summed E-state index contributed by atoms with van der Waals surface area (Å²) in [6, 6.07) is -0.124. The second-order valence-corrected chi connectivity index (χ2v) is 6.73. The van der Waals surface area contributed by atoms with Gasteiger partial charge in [0.05, 0.1) is 11.0 Å². The number of rotatable bonds is 2. The van der Waals surface area contributed by atoms with Gasteiger partial charge in [-0.2, -0.15) is 13.2 Å². The van der Waals surface area contributed by atoms with Crippen LogP contribution in [0.1, 0.15) is 42.3 Å². The number of piperidine rings is 1. The highest BCUT2D eigenvalue weighted by molar-refractivity contribution is 7.09. The molecule has 4 nitrogen and oxygen atoms in total. The van der Waals surface area contributed by atoms with E-state index in [-0.39, 0.29) is 17.9 Å². The minimum atomic E-state index is -4.40. The SMILES string of the molecule is O=C(C1CCCN1)N1CCCC(c2nc(C(F)(F)F)cs2)C1. The Bertz CT molecular complexity index is 540. The Hall–Kier alpha value is -1.15. The van der Waals surface area contributed by atoms with Crippen LogP contribution in [0.3, 0.4) is 0 Å². The molecule has 2 fully saturated rings. The lowest BCUT2D eigenvalue weighted by atomic mass is 9.98. The zero-order valence-electron chi connectivity index (χ0n) is 12.0. The van der Waals surface area contributed by atoms with E-state index in [2.05, 4.69) is 10.3 Å². The summed E-state index contributed by atoms with van der Waals surface area (Å²) in [6.07, 6.45) is -0.964. The summed E-state index contributed by atoms with van der Waals surface area (Å²) in [6.45, 7) is 2.02. The van der Waals surface area contributed by atoms with E-state index in [1.165, 1.54) is 0 Å². The van der Waals surface area contributed by atoms with Crippen molar-refractivity contribution in [1.29, 1.82) is 0 Å². The van der Waals surface area contributed by atoms with Gasteiger partial charge in [0, 0.05) is 24.4 Å². The largest absolute Gasteiger partial charge is 0.434 e. The molecule has 2 atom stereocenters. The van der Waals surface area contributed by atoms with Crippen LogP contribution in [0.2, 0.25) is 0 Å². The maximum absolute atomic E-state index is 12.6. The average Bonchev–Trinajstić information content (AvgIpc) is 3.17. The van der Waals surface area contributed by atoms with E-state index in [0.717, 1.165) is 48.9 Å². The quantitative estimate of drug-likeness (QED) is 0.905. The Kier molecular flexibility index (Phi) is 4.40. The lowest BCUT2D eigenvalue weighted by molar-refractivity contribution is -0.141. The summed E-state index contributed by atoms with van der Waals surface area (Å²) in [4.78, 5) is 17.9. The van der Waals surface area contributed by atoms with Gasteiger partial charge in [-0.1, -0.05) is 0 Å². The molecule has 122 valence electrons.